The Labute approximate surface area is 120 Å². The number of nitrogens with one attached hydrogen (secondary N) is 1. The summed E-state index contributed by atoms with van der Waals surface area (Å²) in [7, 11) is 3.22. The van der Waals surface area contributed by atoms with Gasteiger partial charge in [0.25, 0.3) is 0 Å². The largest absolute Gasteiger partial charge is 0.481 e. The molecule has 2 rings (SSSR count). The Morgan fingerprint density at radius 2 is 1.80 bits per heavy atom. The van der Waals surface area contributed by atoms with Gasteiger partial charge in [0.15, 0.2) is 0 Å². The second-order valence-corrected chi connectivity index (χ2v) is 5.16. The summed E-state index contributed by atoms with van der Waals surface area (Å²) in [6.45, 7) is 6.34. The molecule has 2 heterocycles. The van der Waals surface area contributed by atoms with Gasteiger partial charge in [-0.1, -0.05) is 0 Å². The van der Waals surface area contributed by atoms with Crippen LogP contribution in [0.5, 0.6) is 11.8 Å². The third-order valence-electron chi connectivity index (χ3n) is 3.61. The van der Waals surface area contributed by atoms with Gasteiger partial charge < -0.3 is 19.7 Å². The first kappa shape index (κ1) is 15.0. The Morgan fingerprint density at radius 3 is 2.35 bits per heavy atom. The van der Waals surface area contributed by atoms with Crippen LogP contribution >= 0.6 is 0 Å². The van der Waals surface area contributed by atoms with E-state index < -0.39 is 0 Å². The maximum Gasteiger partial charge on any atom is 0.224 e. The predicted molar refractivity (Wildman–Crippen MR) is 77.1 cm³/mol. The summed E-state index contributed by atoms with van der Waals surface area (Å²) in [4.78, 5) is 10.7. The molecule has 0 bridgehead atoms. The number of hydrogen-bond acceptors (Lipinski definition) is 6. The summed E-state index contributed by atoms with van der Waals surface area (Å²) in [5.41, 5.74) is 0.866. The molecule has 1 saturated heterocycles. The molecule has 1 aromatic rings. The first-order chi connectivity index (χ1) is 9.74. The van der Waals surface area contributed by atoms with Gasteiger partial charge in [0.1, 0.15) is 6.33 Å². The lowest BCUT2D eigenvalue weighted by Gasteiger charge is -2.21. The zero-order chi connectivity index (χ0) is 14.4. The Morgan fingerprint density at radius 1 is 1.20 bits per heavy atom. The van der Waals surface area contributed by atoms with Crippen LogP contribution in [0.2, 0.25) is 0 Å². The molecule has 1 aliphatic heterocycles. The van der Waals surface area contributed by atoms with Crippen LogP contribution < -0.4 is 14.8 Å². The van der Waals surface area contributed by atoms with E-state index in [1.165, 1.54) is 32.3 Å². The van der Waals surface area contributed by atoms with Gasteiger partial charge >= 0.3 is 0 Å². The van der Waals surface area contributed by atoms with E-state index in [-0.39, 0.29) is 0 Å². The standard InChI is InChI=1S/C14H24N4O2/c1-11(9-18-6-4-5-7-18)15-8-12-13(19-2)16-10-17-14(12)20-3/h10-11,15H,4-9H2,1-3H3. The van der Waals surface area contributed by atoms with Crippen molar-refractivity contribution in [3.8, 4) is 11.8 Å². The van der Waals surface area contributed by atoms with Crippen LogP contribution in [0, 0.1) is 0 Å². The molecule has 1 fully saturated rings. The number of nitrogens with zero attached hydrogens (tertiary/aromatic N) is 3. The van der Waals surface area contributed by atoms with Gasteiger partial charge in [-0.3, -0.25) is 0 Å². The Balaban J connectivity index is 1.92. The smallest absolute Gasteiger partial charge is 0.224 e. The normalized spacial score (nSPS) is 17.1. The number of methoxy groups -OCH3 is 2. The van der Waals surface area contributed by atoms with E-state index in [0.717, 1.165) is 12.1 Å². The highest BCUT2D eigenvalue weighted by Crippen LogP contribution is 2.23. The van der Waals surface area contributed by atoms with Gasteiger partial charge in [-0.25, -0.2) is 9.97 Å². The van der Waals surface area contributed by atoms with Crippen LogP contribution in [0.4, 0.5) is 0 Å². The molecule has 6 heteroatoms. The Kier molecular flexibility index (Phi) is 5.55. The molecule has 112 valence electrons. The van der Waals surface area contributed by atoms with Crippen molar-refractivity contribution in [3.05, 3.63) is 11.9 Å². The van der Waals surface area contributed by atoms with Crippen LogP contribution in [0.15, 0.2) is 6.33 Å². The van der Waals surface area contributed by atoms with Crippen molar-refractivity contribution in [1.29, 1.82) is 0 Å². The maximum atomic E-state index is 5.27. The van der Waals surface area contributed by atoms with E-state index in [9.17, 15) is 0 Å². The molecule has 0 aromatic carbocycles. The van der Waals surface area contributed by atoms with E-state index >= 15 is 0 Å². The zero-order valence-corrected chi connectivity index (χ0v) is 12.6. The van der Waals surface area contributed by atoms with Crippen molar-refractivity contribution in [2.75, 3.05) is 33.9 Å². The molecule has 1 unspecified atom stereocenters. The molecule has 0 radical (unpaired) electrons. The van der Waals surface area contributed by atoms with E-state index in [4.69, 9.17) is 9.47 Å². The minimum Gasteiger partial charge on any atom is -0.481 e. The first-order valence-electron chi connectivity index (χ1n) is 7.12. The maximum absolute atomic E-state index is 5.27. The molecule has 1 aliphatic rings. The third kappa shape index (κ3) is 3.80. The summed E-state index contributed by atoms with van der Waals surface area (Å²) in [6, 6.07) is 0.405. The minimum atomic E-state index is 0.405. The van der Waals surface area contributed by atoms with Crippen molar-refractivity contribution in [3.63, 3.8) is 0 Å². The molecule has 1 N–H and O–H groups in total. The molecule has 0 spiro atoms. The van der Waals surface area contributed by atoms with Crippen LogP contribution in [-0.4, -0.2) is 54.8 Å². The lowest BCUT2D eigenvalue weighted by atomic mass is 10.2. The fraction of sp³-hybridized carbons (Fsp3) is 0.714. The number of hydrogen-bond donors (Lipinski definition) is 1. The molecule has 0 aliphatic carbocycles. The molecule has 1 aromatic heterocycles. The summed E-state index contributed by atoms with van der Waals surface area (Å²) < 4.78 is 10.5. The highest BCUT2D eigenvalue weighted by Gasteiger charge is 2.17. The lowest BCUT2D eigenvalue weighted by Crippen LogP contribution is -2.37. The van der Waals surface area contributed by atoms with Gasteiger partial charge in [0.2, 0.25) is 11.8 Å². The summed E-state index contributed by atoms with van der Waals surface area (Å²) >= 11 is 0. The average molecular weight is 280 g/mol. The Bertz CT molecular complexity index is 399. The second kappa shape index (κ2) is 7.40. The van der Waals surface area contributed by atoms with Crippen molar-refractivity contribution in [1.82, 2.24) is 20.2 Å². The number of ether oxygens (including phenoxy) is 2. The molecular formula is C14H24N4O2. The van der Waals surface area contributed by atoms with Crippen molar-refractivity contribution in [2.45, 2.75) is 32.4 Å². The molecule has 0 saturated carbocycles. The molecule has 0 amide bonds. The quantitative estimate of drug-likeness (QED) is 0.806. The van der Waals surface area contributed by atoms with Gasteiger partial charge in [0, 0.05) is 19.1 Å². The molecule has 6 nitrogen and oxygen atoms in total. The number of likely N-dealkylation sites (tertiary alicyclic amines) is 1. The first-order valence-corrected chi connectivity index (χ1v) is 7.12. The zero-order valence-electron chi connectivity index (χ0n) is 12.6. The highest BCUT2D eigenvalue weighted by atomic mass is 16.5. The van der Waals surface area contributed by atoms with Crippen LogP contribution in [0.3, 0.4) is 0 Å². The minimum absolute atomic E-state index is 0.405. The molecule has 20 heavy (non-hydrogen) atoms. The fourth-order valence-electron chi connectivity index (χ4n) is 2.58. The highest BCUT2D eigenvalue weighted by molar-refractivity contribution is 5.34. The third-order valence-corrected chi connectivity index (χ3v) is 3.61. The van der Waals surface area contributed by atoms with E-state index in [2.05, 4.69) is 27.1 Å². The van der Waals surface area contributed by atoms with E-state index in [1.807, 2.05) is 0 Å². The average Bonchev–Trinajstić information content (AvgIpc) is 2.97. The van der Waals surface area contributed by atoms with Gasteiger partial charge in [0.05, 0.1) is 19.8 Å². The topological polar surface area (TPSA) is 59.5 Å². The Hall–Kier alpha value is -1.40. The molecule has 1 atom stereocenters. The van der Waals surface area contributed by atoms with Gasteiger partial charge in [-0.15, -0.1) is 0 Å². The second-order valence-electron chi connectivity index (χ2n) is 5.16. The number of aromatic nitrogens is 2. The predicted octanol–water partition coefficient (Wildman–Crippen LogP) is 1.07. The van der Waals surface area contributed by atoms with Crippen molar-refractivity contribution >= 4 is 0 Å². The van der Waals surface area contributed by atoms with Gasteiger partial charge in [-0.2, -0.15) is 0 Å². The monoisotopic (exact) mass is 280 g/mol. The lowest BCUT2D eigenvalue weighted by molar-refractivity contribution is 0.295. The van der Waals surface area contributed by atoms with Crippen LogP contribution in [0.1, 0.15) is 25.3 Å². The summed E-state index contributed by atoms with van der Waals surface area (Å²) in [6.07, 6.45) is 4.09. The SMILES string of the molecule is COc1ncnc(OC)c1CNC(C)CN1CCCC1. The van der Waals surface area contributed by atoms with Gasteiger partial charge in [-0.05, 0) is 32.9 Å². The fourth-order valence-corrected chi connectivity index (χ4v) is 2.58. The van der Waals surface area contributed by atoms with Crippen LogP contribution in [0.25, 0.3) is 0 Å². The van der Waals surface area contributed by atoms with Crippen LogP contribution in [-0.2, 0) is 6.54 Å². The van der Waals surface area contributed by atoms with E-state index in [0.29, 0.717) is 24.3 Å². The van der Waals surface area contributed by atoms with E-state index in [1.54, 1.807) is 14.2 Å². The molecular weight excluding hydrogens is 256 g/mol. The summed E-state index contributed by atoms with van der Waals surface area (Å²) in [5.74, 6) is 1.13. The summed E-state index contributed by atoms with van der Waals surface area (Å²) in [5, 5.41) is 3.49. The number of rotatable bonds is 7. The van der Waals surface area contributed by atoms with Crippen molar-refractivity contribution in [2.24, 2.45) is 0 Å². The van der Waals surface area contributed by atoms with Crippen molar-refractivity contribution < 1.29 is 9.47 Å².